The maximum absolute atomic E-state index is 13.9. The van der Waals surface area contributed by atoms with Crippen molar-refractivity contribution in [2.45, 2.75) is 31.5 Å². The molecule has 24 heavy (non-hydrogen) atoms. The number of rotatable bonds is 3. The number of aliphatic hydroxyl groups is 1. The second-order valence-corrected chi connectivity index (χ2v) is 5.02. The Morgan fingerprint density at radius 3 is 2.29 bits per heavy atom. The van der Waals surface area contributed by atoms with Gasteiger partial charge in [0.1, 0.15) is 5.82 Å². The quantitative estimate of drug-likeness (QED) is 0.848. The lowest BCUT2D eigenvalue weighted by Gasteiger charge is -2.36. The molecule has 0 spiro atoms. The van der Waals surface area contributed by atoms with Gasteiger partial charge in [0.15, 0.2) is 0 Å². The third-order valence-electron chi connectivity index (χ3n) is 3.12. The summed E-state index contributed by atoms with van der Waals surface area (Å²) in [6, 6.07) is 3.49. The molecule has 1 heterocycles. The summed E-state index contributed by atoms with van der Waals surface area (Å²) in [6.07, 6.45) is -12.0. The smallest absolute Gasteiger partial charge is 0.362 e. The van der Waals surface area contributed by atoms with Crippen molar-refractivity contribution in [2.24, 2.45) is 5.10 Å². The lowest BCUT2D eigenvalue weighted by atomic mass is 10.1. The number of hydrogen-bond donors (Lipinski definition) is 1. The molecule has 1 aliphatic rings. The fourth-order valence-corrected chi connectivity index (χ4v) is 2.10. The maximum atomic E-state index is 13.9. The van der Waals surface area contributed by atoms with Crippen molar-refractivity contribution in [1.29, 1.82) is 0 Å². The lowest BCUT2D eigenvalue weighted by molar-refractivity contribution is -0.468. The van der Waals surface area contributed by atoms with Crippen LogP contribution in [-0.2, 0) is 4.74 Å². The maximum Gasteiger partial charge on any atom is 0.527 e. The topological polar surface area (TPSA) is 62.1 Å². The van der Waals surface area contributed by atoms with E-state index in [9.17, 15) is 36.2 Å². The molecule has 1 amide bonds. The highest BCUT2D eigenvalue weighted by Gasteiger charge is 2.66. The first-order valence-corrected chi connectivity index (χ1v) is 6.37. The van der Waals surface area contributed by atoms with Crippen LogP contribution in [0.1, 0.15) is 23.7 Å². The largest absolute Gasteiger partial charge is 0.527 e. The number of halogens is 6. The predicted molar refractivity (Wildman–Crippen MR) is 67.3 cm³/mol. The van der Waals surface area contributed by atoms with Crippen LogP contribution in [0.2, 0.25) is 0 Å². The number of nitrogens with zero attached hydrogens (tertiary/aromatic N) is 2. The van der Waals surface area contributed by atoms with Crippen LogP contribution >= 0.6 is 0 Å². The van der Waals surface area contributed by atoms with E-state index >= 15 is 0 Å². The molecule has 0 saturated carbocycles. The molecule has 11 heteroatoms. The minimum Gasteiger partial charge on any atom is -0.362 e. The third-order valence-corrected chi connectivity index (χ3v) is 3.12. The number of carbonyl (C=O) groups excluding carboxylic acids is 1. The van der Waals surface area contributed by atoms with E-state index in [0.717, 1.165) is 31.2 Å². The van der Waals surface area contributed by atoms with E-state index in [1.165, 1.54) is 0 Å². The van der Waals surface area contributed by atoms with Gasteiger partial charge in [-0.25, -0.2) is 9.13 Å². The number of amides is 1. The second-order valence-electron chi connectivity index (χ2n) is 5.02. The van der Waals surface area contributed by atoms with E-state index in [-0.39, 0.29) is 16.3 Å². The van der Waals surface area contributed by atoms with E-state index < -0.39 is 36.3 Å². The number of benzene rings is 1. The summed E-state index contributed by atoms with van der Waals surface area (Å²) in [7, 11) is 0. The molecule has 0 radical (unpaired) electrons. The van der Waals surface area contributed by atoms with Crippen molar-refractivity contribution in [3.8, 4) is 0 Å². The van der Waals surface area contributed by atoms with Crippen LogP contribution in [0.25, 0.3) is 0 Å². The SMILES string of the molecule is CC1=NN(C(=O)c2ccc(F)cc2)[C@@](O)(C(F)(F)OC(F)(F)F)C1. The van der Waals surface area contributed by atoms with Gasteiger partial charge in [0, 0.05) is 17.7 Å². The van der Waals surface area contributed by atoms with Crippen LogP contribution in [-0.4, -0.2) is 39.9 Å². The van der Waals surface area contributed by atoms with Crippen molar-refractivity contribution in [3.63, 3.8) is 0 Å². The molecule has 1 N–H and O–H groups in total. The van der Waals surface area contributed by atoms with Crippen LogP contribution in [0.15, 0.2) is 29.4 Å². The first-order chi connectivity index (χ1) is 10.9. The van der Waals surface area contributed by atoms with Gasteiger partial charge in [-0.15, -0.1) is 13.2 Å². The van der Waals surface area contributed by atoms with Crippen LogP contribution in [0.5, 0.6) is 0 Å². The van der Waals surface area contributed by atoms with Gasteiger partial charge in [-0.2, -0.15) is 18.9 Å². The lowest BCUT2D eigenvalue weighted by Crippen LogP contribution is -2.61. The third kappa shape index (κ3) is 3.36. The molecule has 2 rings (SSSR count). The van der Waals surface area contributed by atoms with Gasteiger partial charge < -0.3 is 5.11 Å². The molecule has 0 aromatic heterocycles. The Labute approximate surface area is 131 Å². The van der Waals surface area contributed by atoms with Gasteiger partial charge in [-0.05, 0) is 31.2 Å². The molecular weight excluding hydrogens is 346 g/mol. The van der Waals surface area contributed by atoms with E-state index in [2.05, 4.69) is 9.84 Å². The molecule has 1 aliphatic heterocycles. The fraction of sp³-hybridized carbons (Fsp3) is 0.385. The molecule has 0 fully saturated rings. The average molecular weight is 356 g/mol. The summed E-state index contributed by atoms with van der Waals surface area (Å²) in [6.45, 7) is 1.13. The minimum atomic E-state index is -5.76. The van der Waals surface area contributed by atoms with Gasteiger partial charge in [-0.3, -0.25) is 4.79 Å². The Kier molecular flexibility index (Phi) is 4.35. The summed E-state index contributed by atoms with van der Waals surface area (Å²) in [5.74, 6) is -2.08. The number of hydrazone groups is 1. The molecular formula is C13H10F6N2O3. The first-order valence-electron chi connectivity index (χ1n) is 6.37. The number of hydrogen-bond acceptors (Lipinski definition) is 4. The van der Waals surface area contributed by atoms with Crippen LogP contribution in [0, 0.1) is 5.82 Å². The monoisotopic (exact) mass is 356 g/mol. The fourth-order valence-electron chi connectivity index (χ4n) is 2.10. The van der Waals surface area contributed by atoms with E-state index in [0.29, 0.717) is 0 Å². The van der Waals surface area contributed by atoms with E-state index in [1.54, 1.807) is 0 Å². The zero-order valence-electron chi connectivity index (χ0n) is 11.9. The molecule has 1 aromatic carbocycles. The highest BCUT2D eigenvalue weighted by atomic mass is 19.4. The van der Waals surface area contributed by atoms with E-state index in [1.807, 2.05) is 0 Å². The number of carbonyl (C=O) groups is 1. The number of ether oxygens (including phenoxy) is 1. The van der Waals surface area contributed by atoms with Crippen LogP contribution < -0.4 is 0 Å². The molecule has 1 atom stereocenters. The minimum absolute atomic E-state index is 0.193. The Bertz CT molecular complexity index is 673. The van der Waals surface area contributed by atoms with Gasteiger partial charge in [-0.1, -0.05) is 0 Å². The van der Waals surface area contributed by atoms with Crippen LogP contribution in [0.3, 0.4) is 0 Å². The van der Waals surface area contributed by atoms with Gasteiger partial charge in [0.25, 0.3) is 11.6 Å². The summed E-state index contributed by atoms with van der Waals surface area (Å²) < 4.78 is 79.8. The van der Waals surface area contributed by atoms with E-state index in [4.69, 9.17) is 0 Å². The van der Waals surface area contributed by atoms with Gasteiger partial charge in [0.05, 0.1) is 0 Å². The van der Waals surface area contributed by atoms with Crippen molar-refractivity contribution in [1.82, 2.24) is 5.01 Å². The average Bonchev–Trinajstić information content (AvgIpc) is 2.73. The summed E-state index contributed by atoms with van der Waals surface area (Å²) in [5, 5.41) is 13.2. The molecule has 5 nitrogen and oxygen atoms in total. The Hall–Kier alpha value is -2.14. The van der Waals surface area contributed by atoms with Crippen LogP contribution in [0.4, 0.5) is 26.3 Å². The highest BCUT2D eigenvalue weighted by Crippen LogP contribution is 2.43. The molecule has 0 saturated heterocycles. The molecule has 0 unspecified atom stereocenters. The Morgan fingerprint density at radius 1 is 1.25 bits per heavy atom. The normalized spacial score (nSPS) is 21.8. The number of alkyl halides is 5. The summed E-state index contributed by atoms with van der Waals surface area (Å²) in [4.78, 5) is 12.2. The summed E-state index contributed by atoms with van der Waals surface area (Å²) in [5.41, 5.74) is -4.27. The zero-order valence-corrected chi connectivity index (χ0v) is 11.9. The standard InChI is InChI=1S/C13H10F6N2O3/c1-7-6-11(23,12(15,16)24-13(17,18)19)21(20-7)10(22)8-2-4-9(14)5-3-8/h2-5,23H,6H2,1H3/t11-/m0/s1. The first kappa shape index (κ1) is 18.2. The zero-order chi connectivity index (χ0) is 18.3. The van der Waals surface area contributed by atoms with Crippen molar-refractivity contribution in [2.75, 3.05) is 0 Å². The van der Waals surface area contributed by atoms with Crippen molar-refractivity contribution < 1.29 is 41.0 Å². The summed E-state index contributed by atoms with van der Waals surface area (Å²) >= 11 is 0. The molecule has 0 aliphatic carbocycles. The predicted octanol–water partition coefficient (Wildman–Crippen LogP) is 2.87. The van der Waals surface area contributed by atoms with Gasteiger partial charge >= 0.3 is 12.5 Å². The van der Waals surface area contributed by atoms with Gasteiger partial charge in [0.2, 0.25) is 0 Å². The second kappa shape index (κ2) is 5.74. The van der Waals surface area contributed by atoms with Crippen molar-refractivity contribution >= 4 is 11.6 Å². The highest BCUT2D eigenvalue weighted by molar-refractivity contribution is 5.97. The molecule has 0 bridgehead atoms. The molecule has 132 valence electrons. The Balaban J connectivity index is 2.39. The Morgan fingerprint density at radius 2 is 1.79 bits per heavy atom. The van der Waals surface area contributed by atoms with Crippen molar-refractivity contribution in [3.05, 3.63) is 35.6 Å². The molecule has 1 aromatic rings.